The van der Waals surface area contributed by atoms with Gasteiger partial charge in [-0.15, -0.1) is 0 Å². The summed E-state index contributed by atoms with van der Waals surface area (Å²) in [5, 5.41) is 1.01. The summed E-state index contributed by atoms with van der Waals surface area (Å²) < 4.78 is 5.87. The van der Waals surface area contributed by atoms with Gasteiger partial charge in [0, 0.05) is 5.39 Å². The van der Waals surface area contributed by atoms with Gasteiger partial charge in [-0.3, -0.25) is 0 Å². The van der Waals surface area contributed by atoms with E-state index in [9.17, 15) is 0 Å². The Hall–Kier alpha value is -2.42. The maximum atomic E-state index is 5.87. The van der Waals surface area contributed by atoms with Crippen LogP contribution < -0.4 is 0 Å². The molecule has 0 aromatic heterocycles. The largest absolute Gasteiger partial charge is 0.450 e. The lowest BCUT2D eigenvalue weighted by Gasteiger charge is -2.00. The fourth-order valence-corrected chi connectivity index (χ4v) is 2.08. The number of para-hydroxylation sites is 3. The summed E-state index contributed by atoms with van der Waals surface area (Å²) in [7, 11) is 0. The summed E-state index contributed by atoms with van der Waals surface area (Å²) in [6, 6.07) is 15.7. The fraction of sp³-hybridized carbons (Fsp3) is 0. The number of rotatable bonds is 0. The number of aromatic nitrogens is 2. The summed E-state index contributed by atoms with van der Waals surface area (Å²) >= 11 is 0. The van der Waals surface area contributed by atoms with E-state index in [2.05, 4.69) is 9.97 Å². The van der Waals surface area contributed by atoms with Crippen molar-refractivity contribution in [3.05, 3.63) is 48.5 Å². The van der Waals surface area contributed by atoms with Gasteiger partial charge in [-0.05, 0) is 24.3 Å². The molecule has 2 aliphatic heterocycles. The summed E-state index contributed by atoms with van der Waals surface area (Å²) in [4.78, 5) is 8.97. The van der Waals surface area contributed by atoms with Gasteiger partial charge < -0.3 is 4.42 Å². The molecule has 0 saturated carbocycles. The van der Waals surface area contributed by atoms with E-state index in [1.54, 1.807) is 0 Å². The Morgan fingerprint density at radius 1 is 0.765 bits per heavy atom. The van der Waals surface area contributed by atoms with Crippen LogP contribution in [0, 0.1) is 0 Å². The van der Waals surface area contributed by atoms with Crippen molar-refractivity contribution in [3.63, 3.8) is 0 Å². The van der Waals surface area contributed by atoms with Crippen LogP contribution in [0.4, 0.5) is 0 Å². The van der Waals surface area contributed by atoms with Crippen molar-refractivity contribution in [2.75, 3.05) is 0 Å². The zero-order valence-corrected chi connectivity index (χ0v) is 8.92. The van der Waals surface area contributed by atoms with Crippen LogP contribution in [-0.4, -0.2) is 9.97 Å². The molecule has 0 radical (unpaired) electrons. The lowest BCUT2D eigenvalue weighted by atomic mass is 10.2. The van der Waals surface area contributed by atoms with Gasteiger partial charge in [0.25, 0.3) is 0 Å². The molecule has 2 aromatic carbocycles. The molecule has 3 heteroatoms. The van der Waals surface area contributed by atoms with E-state index in [1.165, 1.54) is 0 Å². The summed E-state index contributed by atoms with van der Waals surface area (Å²) in [5.74, 6) is 1.43. The molecule has 0 bridgehead atoms. The number of fused-ring (bicyclic) bond motifs is 4. The molecular formula is C14H8N2O. The van der Waals surface area contributed by atoms with Crippen LogP contribution in [0.25, 0.3) is 33.6 Å². The van der Waals surface area contributed by atoms with Crippen molar-refractivity contribution in [2.24, 2.45) is 0 Å². The molecule has 17 heavy (non-hydrogen) atoms. The van der Waals surface area contributed by atoms with Crippen LogP contribution in [-0.2, 0) is 0 Å². The summed E-state index contributed by atoms with van der Waals surface area (Å²) in [6.07, 6.45) is 0. The predicted octanol–water partition coefficient (Wildman–Crippen LogP) is 3.48. The molecule has 0 unspecified atom stereocenters. The minimum atomic E-state index is 0.671. The van der Waals surface area contributed by atoms with Gasteiger partial charge in [0.1, 0.15) is 5.52 Å². The second kappa shape index (κ2) is 3.04. The Kier molecular flexibility index (Phi) is 1.56. The molecule has 0 spiro atoms. The quantitative estimate of drug-likeness (QED) is 0.455. The first kappa shape index (κ1) is 8.70. The van der Waals surface area contributed by atoms with E-state index in [1.807, 2.05) is 48.5 Å². The lowest BCUT2D eigenvalue weighted by Crippen LogP contribution is -1.85. The monoisotopic (exact) mass is 220 g/mol. The lowest BCUT2D eigenvalue weighted by molar-refractivity contribution is 0.617. The van der Waals surface area contributed by atoms with Gasteiger partial charge in [-0.25, -0.2) is 9.97 Å². The molecule has 3 nitrogen and oxygen atoms in total. The summed E-state index contributed by atoms with van der Waals surface area (Å²) in [5.41, 5.74) is 2.55. The molecule has 4 rings (SSSR count). The van der Waals surface area contributed by atoms with Crippen LogP contribution in [0.5, 0.6) is 0 Å². The van der Waals surface area contributed by atoms with Crippen molar-refractivity contribution in [3.8, 4) is 11.6 Å². The van der Waals surface area contributed by atoms with Crippen molar-refractivity contribution in [1.29, 1.82) is 0 Å². The molecule has 0 aliphatic carbocycles. The van der Waals surface area contributed by atoms with Gasteiger partial charge in [-0.2, -0.15) is 0 Å². The second-order valence-corrected chi connectivity index (χ2v) is 3.96. The first-order valence-corrected chi connectivity index (χ1v) is 5.46. The van der Waals surface area contributed by atoms with E-state index in [0.717, 1.165) is 27.8 Å². The molecule has 2 aromatic rings. The van der Waals surface area contributed by atoms with E-state index in [4.69, 9.17) is 4.42 Å². The fourth-order valence-electron chi connectivity index (χ4n) is 2.08. The van der Waals surface area contributed by atoms with Crippen molar-refractivity contribution >= 4 is 22.0 Å². The average molecular weight is 220 g/mol. The molecule has 80 valence electrons. The zero-order valence-electron chi connectivity index (χ0n) is 8.92. The standard InChI is InChI=1S/C14H8N2O/c1-2-6-10-9(5-1)13-14(15-10)16-11-7-3-4-8-12(11)17-13/h1-8H. The SMILES string of the molecule is c1ccc2oc3c4ccccc4nc-3nc2c1. The number of nitrogens with zero attached hydrogens (tertiary/aromatic N) is 2. The highest BCUT2D eigenvalue weighted by Gasteiger charge is 2.16. The molecule has 0 atom stereocenters. The van der Waals surface area contributed by atoms with Crippen LogP contribution in [0.3, 0.4) is 0 Å². The van der Waals surface area contributed by atoms with Gasteiger partial charge in [0.2, 0.25) is 0 Å². The highest BCUT2D eigenvalue weighted by atomic mass is 16.3. The van der Waals surface area contributed by atoms with Gasteiger partial charge in [-0.1, -0.05) is 24.3 Å². The van der Waals surface area contributed by atoms with Gasteiger partial charge in [0.05, 0.1) is 5.52 Å². The van der Waals surface area contributed by atoms with E-state index >= 15 is 0 Å². The zero-order chi connectivity index (χ0) is 11.2. The maximum absolute atomic E-state index is 5.87. The van der Waals surface area contributed by atoms with Crippen molar-refractivity contribution < 1.29 is 4.42 Å². The Morgan fingerprint density at radius 2 is 1.47 bits per heavy atom. The van der Waals surface area contributed by atoms with Crippen LogP contribution >= 0.6 is 0 Å². The molecule has 0 N–H and O–H groups in total. The van der Waals surface area contributed by atoms with Crippen LogP contribution in [0.2, 0.25) is 0 Å². The first-order valence-electron chi connectivity index (χ1n) is 5.46. The second-order valence-electron chi connectivity index (χ2n) is 3.96. The van der Waals surface area contributed by atoms with Gasteiger partial charge >= 0.3 is 0 Å². The average Bonchev–Trinajstić information content (AvgIpc) is 2.73. The smallest absolute Gasteiger partial charge is 0.197 e. The Labute approximate surface area is 97.1 Å². The first-order chi connectivity index (χ1) is 8.42. The third-order valence-electron chi connectivity index (χ3n) is 2.88. The molecule has 2 heterocycles. The Balaban J connectivity index is 2.25. The third kappa shape index (κ3) is 1.16. The normalized spacial score (nSPS) is 11.5. The van der Waals surface area contributed by atoms with E-state index < -0.39 is 0 Å². The molecule has 0 saturated heterocycles. The Morgan fingerprint density at radius 3 is 2.41 bits per heavy atom. The van der Waals surface area contributed by atoms with E-state index in [0.29, 0.717) is 5.82 Å². The third-order valence-corrected chi connectivity index (χ3v) is 2.88. The number of hydrogen-bond acceptors (Lipinski definition) is 3. The van der Waals surface area contributed by atoms with Crippen LogP contribution in [0.1, 0.15) is 0 Å². The summed E-state index contributed by atoms with van der Waals surface area (Å²) in [6.45, 7) is 0. The Bertz CT molecular complexity index is 798. The van der Waals surface area contributed by atoms with Crippen molar-refractivity contribution in [1.82, 2.24) is 9.97 Å². The maximum Gasteiger partial charge on any atom is 0.197 e. The van der Waals surface area contributed by atoms with Gasteiger partial charge in [0.15, 0.2) is 17.2 Å². The predicted molar refractivity (Wildman–Crippen MR) is 65.9 cm³/mol. The molecule has 0 amide bonds. The highest BCUT2D eigenvalue weighted by molar-refractivity contribution is 5.95. The van der Waals surface area contributed by atoms with Crippen molar-refractivity contribution in [2.45, 2.75) is 0 Å². The van der Waals surface area contributed by atoms with E-state index in [-0.39, 0.29) is 0 Å². The molecule has 2 aliphatic rings. The van der Waals surface area contributed by atoms with Crippen LogP contribution in [0.15, 0.2) is 52.9 Å². The highest BCUT2D eigenvalue weighted by Crippen LogP contribution is 2.31. The minimum Gasteiger partial charge on any atom is -0.450 e. The molecular weight excluding hydrogens is 212 g/mol. The molecule has 0 fully saturated rings. The number of hydrogen-bond donors (Lipinski definition) is 0. The minimum absolute atomic E-state index is 0.671. The topological polar surface area (TPSA) is 38.9 Å². The number of benzene rings is 2.